The first-order valence-electron chi connectivity index (χ1n) is 9.79. The number of aromatic nitrogens is 2. The number of nitrogens with one attached hydrogen (secondary N) is 2. The Balaban J connectivity index is 1.25. The number of H-pyrrole nitrogens is 1. The first-order chi connectivity index (χ1) is 13.3. The van der Waals surface area contributed by atoms with E-state index in [4.69, 9.17) is 0 Å². The van der Waals surface area contributed by atoms with Gasteiger partial charge in [0.1, 0.15) is 0 Å². The van der Waals surface area contributed by atoms with Gasteiger partial charge in [-0.1, -0.05) is 6.07 Å². The molecule has 2 N–H and O–H groups in total. The van der Waals surface area contributed by atoms with E-state index in [-0.39, 0.29) is 11.9 Å². The number of hydrogen-bond donors (Lipinski definition) is 2. The molecule has 2 fully saturated rings. The van der Waals surface area contributed by atoms with E-state index in [0.717, 1.165) is 35.9 Å². The highest BCUT2D eigenvalue weighted by Gasteiger charge is 2.40. The fourth-order valence-electron chi connectivity index (χ4n) is 4.81. The van der Waals surface area contributed by atoms with Crippen LogP contribution in [0.4, 0.5) is 0 Å². The third-order valence-electron chi connectivity index (χ3n) is 6.15. The maximum atomic E-state index is 12.7. The summed E-state index contributed by atoms with van der Waals surface area (Å²) in [6, 6.07) is 13.5. The number of rotatable bonds is 4. The van der Waals surface area contributed by atoms with Crippen LogP contribution in [0.2, 0.25) is 0 Å². The molecule has 27 heavy (non-hydrogen) atoms. The minimum atomic E-state index is 0.0403. The van der Waals surface area contributed by atoms with Crippen molar-refractivity contribution in [3.8, 4) is 0 Å². The molecule has 2 saturated heterocycles. The smallest absolute Gasteiger partial charge is 0.251 e. The van der Waals surface area contributed by atoms with Crippen LogP contribution in [0.5, 0.6) is 0 Å². The molecular weight excluding hydrogens is 336 g/mol. The minimum absolute atomic E-state index is 0.0403. The monoisotopic (exact) mass is 360 g/mol. The van der Waals surface area contributed by atoms with Crippen molar-refractivity contribution in [2.75, 3.05) is 0 Å². The number of fused-ring (bicyclic) bond motifs is 3. The highest BCUT2D eigenvalue weighted by atomic mass is 16.1. The van der Waals surface area contributed by atoms with Gasteiger partial charge in [0.15, 0.2) is 0 Å². The van der Waals surface area contributed by atoms with Crippen LogP contribution in [-0.4, -0.2) is 38.9 Å². The Morgan fingerprint density at radius 1 is 1.11 bits per heavy atom. The van der Waals surface area contributed by atoms with E-state index in [0.29, 0.717) is 12.1 Å². The molecular formula is C22H24N4O. The average molecular weight is 360 g/mol. The van der Waals surface area contributed by atoms with Crippen LogP contribution in [0.15, 0.2) is 55.0 Å². The van der Waals surface area contributed by atoms with Gasteiger partial charge in [0, 0.05) is 54.3 Å². The Morgan fingerprint density at radius 3 is 2.67 bits per heavy atom. The third-order valence-corrected chi connectivity index (χ3v) is 6.15. The van der Waals surface area contributed by atoms with Crippen LogP contribution in [0.1, 0.15) is 41.6 Å². The number of benzene rings is 1. The van der Waals surface area contributed by atoms with Gasteiger partial charge in [0.25, 0.3) is 5.91 Å². The van der Waals surface area contributed by atoms with Crippen LogP contribution in [0.25, 0.3) is 10.9 Å². The lowest BCUT2D eigenvalue weighted by molar-refractivity contribution is 0.0828. The summed E-state index contributed by atoms with van der Waals surface area (Å²) in [4.78, 5) is 22.7. The van der Waals surface area contributed by atoms with E-state index in [2.05, 4.69) is 32.3 Å². The predicted molar refractivity (Wildman–Crippen MR) is 105 cm³/mol. The van der Waals surface area contributed by atoms with Gasteiger partial charge >= 0.3 is 0 Å². The Kier molecular flexibility index (Phi) is 4.17. The highest BCUT2D eigenvalue weighted by molar-refractivity contribution is 5.98. The predicted octanol–water partition coefficient (Wildman–Crippen LogP) is 3.49. The van der Waals surface area contributed by atoms with E-state index in [1.165, 1.54) is 18.4 Å². The fourth-order valence-corrected chi connectivity index (χ4v) is 4.81. The molecule has 138 valence electrons. The molecule has 1 unspecified atom stereocenters. The van der Waals surface area contributed by atoms with Crippen molar-refractivity contribution in [2.24, 2.45) is 0 Å². The van der Waals surface area contributed by atoms with E-state index >= 15 is 0 Å². The zero-order valence-corrected chi connectivity index (χ0v) is 15.3. The lowest BCUT2D eigenvalue weighted by atomic mass is 9.96. The maximum absolute atomic E-state index is 12.7. The number of carbonyl (C=O) groups is 1. The molecule has 2 aliphatic rings. The largest absolute Gasteiger partial charge is 0.361 e. The van der Waals surface area contributed by atoms with Crippen LogP contribution in [-0.2, 0) is 6.54 Å². The Bertz CT molecular complexity index is 937. The molecule has 5 heteroatoms. The summed E-state index contributed by atoms with van der Waals surface area (Å²) < 4.78 is 0. The summed E-state index contributed by atoms with van der Waals surface area (Å²) in [5.41, 5.74) is 3.06. The normalized spacial score (nSPS) is 25.0. The molecule has 0 radical (unpaired) electrons. The maximum Gasteiger partial charge on any atom is 0.251 e. The average Bonchev–Trinajstić information content (AvgIpc) is 3.24. The molecule has 2 aliphatic heterocycles. The van der Waals surface area contributed by atoms with Gasteiger partial charge < -0.3 is 10.3 Å². The van der Waals surface area contributed by atoms with E-state index in [1.807, 2.05) is 42.9 Å². The van der Waals surface area contributed by atoms with Crippen LogP contribution < -0.4 is 5.32 Å². The summed E-state index contributed by atoms with van der Waals surface area (Å²) in [6.45, 7) is 0.988. The Morgan fingerprint density at radius 2 is 1.89 bits per heavy atom. The second kappa shape index (κ2) is 6.82. The second-order valence-corrected chi connectivity index (χ2v) is 7.83. The van der Waals surface area contributed by atoms with E-state index in [1.54, 1.807) is 0 Å². The summed E-state index contributed by atoms with van der Waals surface area (Å²) in [6.07, 6.45) is 10.2. The molecule has 2 bridgehead atoms. The first-order valence-corrected chi connectivity index (χ1v) is 9.79. The number of carbonyl (C=O) groups excluding carboxylic acids is 1. The Hall–Kier alpha value is -2.66. The van der Waals surface area contributed by atoms with E-state index in [9.17, 15) is 4.79 Å². The van der Waals surface area contributed by atoms with Crippen LogP contribution >= 0.6 is 0 Å². The van der Waals surface area contributed by atoms with Gasteiger partial charge in [-0.05, 0) is 67.0 Å². The molecule has 5 nitrogen and oxygen atoms in total. The molecule has 1 amide bonds. The van der Waals surface area contributed by atoms with Gasteiger partial charge in [-0.2, -0.15) is 0 Å². The molecule has 0 spiro atoms. The topological polar surface area (TPSA) is 61.0 Å². The summed E-state index contributed by atoms with van der Waals surface area (Å²) in [7, 11) is 0. The van der Waals surface area contributed by atoms with Gasteiger partial charge in [-0.15, -0.1) is 0 Å². The number of pyridine rings is 1. The van der Waals surface area contributed by atoms with Crippen molar-refractivity contribution in [1.82, 2.24) is 20.2 Å². The molecule has 2 aromatic heterocycles. The van der Waals surface area contributed by atoms with Crippen molar-refractivity contribution in [2.45, 2.75) is 50.4 Å². The minimum Gasteiger partial charge on any atom is -0.361 e. The van der Waals surface area contributed by atoms with Crippen molar-refractivity contribution >= 4 is 16.8 Å². The van der Waals surface area contributed by atoms with Crippen molar-refractivity contribution in [3.05, 3.63) is 66.1 Å². The highest BCUT2D eigenvalue weighted by Crippen LogP contribution is 2.36. The standard InChI is InChI=1S/C22H24N4O/c27-22(17-2-1-16-7-10-24-21(16)11-17)25-18-12-19-3-4-20(13-18)26(19)14-15-5-8-23-9-6-15/h1-2,5-11,18-20,24H,3-4,12-14H2,(H,25,27)/t18?,19-,20+. The van der Waals surface area contributed by atoms with Gasteiger partial charge in [0.2, 0.25) is 0 Å². The molecule has 3 atom stereocenters. The van der Waals surface area contributed by atoms with Crippen LogP contribution in [0.3, 0.4) is 0 Å². The number of hydrogen-bond acceptors (Lipinski definition) is 3. The number of nitrogens with zero attached hydrogens (tertiary/aromatic N) is 2. The van der Waals surface area contributed by atoms with Crippen molar-refractivity contribution in [3.63, 3.8) is 0 Å². The molecule has 5 rings (SSSR count). The lowest BCUT2D eigenvalue weighted by Gasteiger charge is -2.39. The van der Waals surface area contributed by atoms with Gasteiger partial charge in [-0.25, -0.2) is 0 Å². The molecule has 1 aromatic carbocycles. The van der Waals surface area contributed by atoms with Crippen LogP contribution in [0, 0.1) is 0 Å². The molecule has 0 saturated carbocycles. The molecule has 4 heterocycles. The van der Waals surface area contributed by atoms with Crippen molar-refractivity contribution in [1.29, 1.82) is 0 Å². The molecule has 0 aliphatic carbocycles. The molecule has 3 aromatic rings. The SMILES string of the molecule is O=C(NC1C[C@H]2CC[C@@H](C1)N2Cc1ccncc1)c1ccc2cc[nH]c2c1. The zero-order valence-electron chi connectivity index (χ0n) is 15.3. The number of amides is 1. The van der Waals surface area contributed by atoms with Crippen molar-refractivity contribution < 1.29 is 4.79 Å². The van der Waals surface area contributed by atoms with E-state index < -0.39 is 0 Å². The zero-order chi connectivity index (χ0) is 18.2. The van der Waals surface area contributed by atoms with Gasteiger partial charge in [-0.3, -0.25) is 14.7 Å². The fraction of sp³-hybridized carbons (Fsp3) is 0.364. The Labute approximate surface area is 158 Å². The van der Waals surface area contributed by atoms with Gasteiger partial charge in [0.05, 0.1) is 0 Å². The first kappa shape index (κ1) is 16.5. The number of piperidine rings is 1. The lowest BCUT2D eigenvalue weighted by Crippen LogP contribution is -2.49. The second-order valence-electron chi connectivity index (χ2n) is 7.83. The summed E-state index contributed by atoms with van der Waals surface area (Å²) in [5, 5.41) is 4.42. The summed E-state index contributed by atoms with van der Waals surface area (Å²) in [5.74, 6) is 0.0403. The summed E-state index contributed by atoms with van der Waals surface area (Å²) >= 11 is 0. The number of aromatic amines is 1. The quantitative estimate of drug-likeness (QED) is 0.749. The third kappa shape index (κ3) is 3.23.